The van der Waals surface area contributed by atoms with E-state index in [1.165, 1.54) is 0 Å². The molecule has 0 radical (unpaired) electrons. The number of nitrogens with one attached hydrogen (secondary N) is 1. The number of aromatic nitrogens is 1. The Morgan fingerprint density at radius 3 is 2.56 bits per heavy atom. The van der Waals surface area contributed by atoms with Crippen LogP contribution in [0.15, 0.2) is 36.5 Å². The largest absolute Gasteiger partial charge is 0.495 e. The second-order valence-corrected chi connectivity index (χ2v) is 6.41. The number of methoxy groups -OCH3 is 1. The molecule has 6 nitrogen and oxygen atoms in total. The standard InChI is InChI=1S/C18H21ClN4O2/c1-22-7-9-23(10-8-22)18(24)13-3-6-17(20-12-13)21-14-4-5-16(25-2)15(19)11-14/h3-6,11-12H,7-10H2,1-2H3,(H,20,21). The van der Waals surface area contributed by atoms with Crippen LogP contribution < -0.4 is 10.1 Å². The number of carbonyl (C=O) groups is 1. The summed E-state index contributed by atoms with van der Waals surface area (Å²) in [5.74, 6) is 1.30. The van der Waals surface area contributed by atoms with E-state index in [-0.39, 0.29) is 5.91 Å². The van der Waals surface area contributed by atoms with E-state index < -0.39 is 0 Å². The van der Waals surface area contributed by atoms with Crippen molar-refractivity contribution >= 4 is 29.0 Å². The van der Waals surface area contributed by atoms with Crippen molar-refractivity contribution in [1.29, 1.82) is 0 Å². The van der Waals surface area contributed by atoms with Crippen LogP contribution >= 0.6 is 11.6 Å². The number of amides is 1. The zero-order valence-corrected chi connectivity index (χ0v) is 15.1. The molecule has 2 heterocycles. The van der Waals surface area contributed by atoms with Crippen LogP contribution in [0.5, 0.6) is 5.75 Å². The first kappa shape index (κ1) is 17.5. The van der Waals surface area contributed by atoms with Gasteiger partial charge >= 0.3 is 0 Å². The quantitative estimate of drug-likeness (QED) is 0.908. The highest BCUT2D eigenvalue weighted by Crippen LogP contribution is 2.28. The molecule has 1 N–H and O–H groups in total. The van der Waals surface area contributed by atoms with Crippen LogP contribution in [-0.4, -0.2) is 61.0 Å². The van der Waals surface area contributed by atoms with Crippen molar-refractivity contribution in [2.45, 2.75) is 0 Å². The number of rotatable bonds is 4. The van der Waals surface area contributed by atoms with E-state index in [1.807, 2.05) is 11.0 Å². The molecule has 1 aromatic heterocycles. The first-order valence-electron chi connectivity index (χ1n) is 8.11. The molecule has 0 bridgehead atoms. The molecule has 132 valence electrons. The zero-order chi connectivity index (χ0) is 17.8. The predicted octanol–water partition coefficient (Wildman–Crippen LogP) is 2.87. The van der Waals surface area contributed by atoms with Crippen LogP contribution in [0.3, 0.4) is 0 Å². The molecular weight excluding hydrogens is 340 g/mol. The fourth-order valence-corrected chi connectivity index (χ4v) is 2.94. The lowest BCUT2D eigenvalue weighted by Gasteiger charge is -2.32. The van der Waals surface area contributed by atoms with E-state index in [0.29, 0.717) is 22.2 Å². The second kappa shape index (κ2) is 7.72. The van der Waals surface area contributed by atoms with Gasteiger partial charge in [-0.3, -0.25) is 4.79 Å². The van der Waals surface area contributed by atoms with E-state index in [0.717, 1.165) is 31.9 Å². The average molecular weight is 361 g/mol. The van der Waals surface area contributed by atoms with Crippen LogP contribution in [0, 0.1) is 0 Å². The van der Waals surface area contributed by atoms with Crippen LogP contribution in [0.2, 0.25) is 5.02 Å². The molecule has 0 aliphatic carbocycles. The summed E-state index contributed by atoms with van der Waals surface area (Å²) >= 11 is 6.12. The summed E-state index contributed by atoms with van der Waals surface area (Å²) in [7, 11) is 3.64. The fraction of sp³-hybridized carbons (Fsp3) is 0.333. The van der Waals surface area contributed by atoms with Crippen LogP contribution in [0.25, 0.3) is 0 Å². The molecule has 3 rings (SSSR count). The van der Waals surface area contributed by atoms with E-state index in [4.69, 9.17) is 16.3 Å². The summed E-state index contributed by atoms with van der Waals surface area (Å²) in [6.45, 7) is 3.30. The van der Waals surface area contributed by atoms with Gasteiger partial charge in [-0.2, -0.15) is 0 Å². The summed E-state index contributed by atoms with van der Waals surface area (Å²) in [5, 5.41) is 3.69. The summed E-state index contributed by atoms with van der Waals surface area (Å²) in [6.07, 6.45) is 1.61. The van der Waals surface area contributed by atoms with E-state index in [1.54, 1.807) is 37.6 Å². The van der Waals surface area contributed by atoms with Gasteiger partial charge < -0.3 is 19.9 Å². The molecular formula is C18H21ClN4O2. The zero-order valence-electron chi connectivity index (χ0n) is 14.3. The lowest BCUT2D eigenvalue weighted by atomic mass is 10.2. The van der Waals surface area contributed by atoms with Gasteiger partial charge in [0.1, 0.15) is 11.6 Å². The smallest absolute Gasteiger partial charge is 0.255 e. The van der Waals surface area contributed by atoms with Gasteiger partial charge in [0.25, 0.3) is 5.91 Å². The van der Waals surface area contributed by atoms with Crippen molar-refractivity contribution in [3.05, 3.63) is 47.1 Å². The lowest BCUT2D eigenvalue weighted by molar-refractivity contribution is 0.0663. The Kier molecular flexibility index (Phi) is 5.40. The van der Waals surface area contributed by atoms with Gasteiger partial charge in [0.05, 0.1) is 17.7 Å². The van der Waals surface area contributed by atoms with Gasteiger partial charge in [0, 0.05) is 38.1 Å². The van der Waals surface area contributed by atoms with Crippen molar-refractivity contribution in [2.24, 2.45) is 0 Å². The van der Waals surface area contributed by atoms with Gasteiger partial charge in [0.2, 0.25) is 0 Å². The number of ether oxygens (including phenoxy) is 1. The molecule has 1 fully saturated rings. The molecule has 0 unspecified atom stereocenters. The third kappa shape index (κ3) is 4.21. The van der Waals surface area contributed by atoms with Crippen molar-refractivity contribution in [2.75, 3.05) is 45.7 Å². The van der Waals surface area contributed by atoms with Gasteiger partial charge in [-0.25, -0.2) is 4.98 Å². The molecule has 1 aliphatic heterocycles. The third-order valence-corrected chi connectivity index (χ3v) is 4.52. The van der Waals surface area contributed by atoms with Crippen molar-refractivity contribution < 1.29 is 9.53 Å². The van der Waals surface area contributed by atoms with Gasteiger partial charge in [-0.1, -0.05) is 11.6 Å². The SMILES string of the molecule is COc1ccc(Nc2ccc(C(=O)N3CCN(C)CC3)cn2)cc1Cl. The Hall–Kier alpha value is -2.31. The summed E-state index contributed by atoms with van der Waals surface area (Å²) in [4.78, 5) is 20.9. The minimum Gasteiger partial charge on any atom is -0.495 e. The number of hydrogen-bond donors (Lipinski definition) is 1. The second-order valence-electron chi connectivity index (χ2n) is 6.00. The lowest BCUT2D eigenvalue weighted by Crippen LogP contribution is -2.47. The Labute approximate surface area is 152 Å². The van der Waals surface area contributed by atoms with Crippen molar-refractivity contribution in [3.63, 3.8) is 0 Å². The monoisotopic (exact) mass is 360 g/mol. The first-order chi connectivity index (χ1) is 12.1. The van der Waals surface area contributed by atoms with Gasteiger partial charge in [0.15, 0.2) is 0 Å². The fourth-order valence-electron chi connectivity index (χ4n) is 2.68. The molecule has 2 aromatic rings. The summed E-state index contributed by atoms with van der Waals surface area (Å²) in [5.41, 5.74) is 1.40. The number of hydrogen-bond acceptors (Lipinski definition) is 5. The van der Waals surface area contributed by atoms with Crippen LogP contribution in [0.4, 0.5) is 11.5 Å². The highest BCUT2D eigenvalue weighted by Gasteiger charge is 2.20. The number of likely N-dealkylation sites (N-methyl/N-ethyl adjacent to an activating group) is 1. The molecule has 0 saturated carbocycles. The maximum absolute atomic E-state index is 12.5. The number of anilines is 2. The molecule has 1 amide bonds. The number of piperazine rings is 1. The number of nitrogens with zero attached hydrogens (tertiary/aromatic N) is 3. The van der Waals surface area contributed by atoms with Crippen molar-refractivity contribution in [1.82, 2.24) is 14.8 Å². The van der Waals surface area contributed by atoms with Crippen LogP contribution in [-0.2, 0) is 0 Å². The number of halogens is 1. The van der Waals surface area contributed by atoms with Crippen molar-refractivity contribution in [3.8, 4) is 5.75 Å². The normalized spacial score (nSPS) is 15.1. The third-order valence-electron chi connectivity index (χ3n) is 4.23. The molecule has 25 heavy (non-hydrogen) atoms. The first-order valence-corrected chi connectivity index (χ1v) is 8.49. The number of benzene rings is 1. The molecule has 1 aliphatic rings. The molecule has 0 atom stereocenters. The summed E-state index contributed by atoms with van der Waals surface area (Å²) in [6, 6.07) is 9.00. The molecule has 7 heteroatoms. The average Bonchev–Trinajstić information content (AvgIpc) is 2.63. The highest BCUT2D eigenvalue weighted by molar-refractivity contribution is 6.32. The van der Waals surface area contributed by atoms with Crippen LogP contribution in [0.1, 0.15) is 10.4 Å². The maximum Gasteiger partial charge on any atom is 0.255 e. The molecule has 1 saturated heterocycles. The maximum atomic E-state index is 12.5. The minimum absolute atomic E-state index is 0.0274. The Balaban J connectivity index is 1.66. The van der Waals surface area contributed by atoms with E-state index in [9.17, 15) is 4.79 Å². The summed E-state index contributed by atoms with van der Waals surface area (Å²) < 4.78 is 5.14. The van der Waals surface area contributed by atoms with E-state index in [2.05, 4.69) is 22.2 Å². The highest BCUT2D eigenvalue weighted by atomic mass is 35.5. The molecule has 0 spiro atoms. The molecule has 1 aromatic carbocycles. The van der Waals surface area contributed by atoms with E-state index >= 15 is 0 Å². The Bertz CT molecular complexity index is 743. The number of carbonyl (C=O) groups excluding carboxylic acids is 1. The Morgan fingerprint density at radius 2 is 1.96 bits per heavy atom. The Morgan fingerprint density at radius 1 is 1.20 bits per heavy atom. The minimum atomic E-state index is 0.0274. The van der Waals surface area contributed by atoms with Gasteiger partial charge in [-0.15, -0.1) is 0 Å². The predicted molar refractivity (Wildman–Crippen MR) is 98.9 cm³/mol. The topological polar surface area (TPSA) is 57.7 Å². The number of pyridine rings is 1. The van der Waals surface area contributed by atoms with Gasteiger partial charge in [-0.05, 0) is 37.4 Å².